The highest BCUT2D eigenvalue weighted by Crippen LogP contribution is 2.31. The number of hydrogen-bond donors (Lipinski definition) is 0. The van der Waals surface area contributed by atoms with Crippen LogP contribution in [0.25, 0.3) is 0 Å². The van der Waals surface area contributed by atoms with Gasteiger partial charge in [0.2, 0.25) is 5.91 Å². The van der Waals surface area contributed by atoms with Gasteiger partial charge in [0.1, 0.15) is 0 Å². The Morgan fingerprint density at radius 1 is 1.50 bits per heavy atom. The lowest BCUT2D eigenvalue weighted by atomic mass is 10.1. The molecule has 0 unspecified atom stereocenters. The van der Waals surface area contributed by atoms with Gasteiger partial charge in [0.05, 0.1) is 12.2 Å². The maximum absolute atomic E-state index is 12.4. The van der Waals surface area contributed by atoms with E-state index in [0.717, 1.165) is 38.9 Å². The largest absolute Gasteiger partial charge is 0.335 e. The highest BCUT2D eigenvalue weighted by atomic mass is 16.2. The summed E-state index contributed by atoms with van der Waals surface area (Å²) in [4.78, 5) is 16.7. The summed E-state index contributed by atoms with van der Waals surface area (Å²) in [5.74, 6) is 0.277. The van der Waals surface area contributed by atoms with Crippen molar-refractivity contribution in [3.05, 3.63) is 18.0 Å². The van der Waals surface area contributed by atoms with Gasteiger partial charge in [-0.3, -0.25) is 9.48 Å². The molecular formula is C15H26N4O. The highest BCUT2D eigenvalue weighted by Gasteiger charge is 2.30. The number of carbonyl (C=O) groups is 1. The van der Waals surface area contributed by atoms with Gasteiger partial charge in [-0.1, -0.05) is 6.92 Å². The minimum absolute atomic E-state index is 0.229. The maximum atomic E-state index is 12.4. The van der Waals surface area contributed by atoms with Crippen LogP contribution in [0.1, 0.15) is 44.2 Å². The molecule has 5 nitrogen and oxygen atoms in total. The van der Waals surface area contributed by atoms with Crippen LogP contribution in [-0.4, -0.2) is 52.2 Å². The van der Waals surface area contributed by atoms with Crippen LogP contribution in [-0.2, 0) is 11.8 Å². The summed E-state index contributed by atoms with van der Waals surface area (Å²) in [5, 5.41) is 4.22. The minimum atomic E-state index is 0.229. The Balaban J connectivity index is 1.91. The number of hydrogen-bond acceptors (Lipinski definition) is 3. The zero-order valence-corrected chi connectivity index (χ0v) is 12.9. The molecule has 1 aliphatic rings. The van der Waals surface area contributed by atoms with E-state index in [4.69, 9.17) is 0 Å². The quantitative estimate of drug-likeness (QED) is 0.797. The number of aromatic nitrogens is 2. The Bertz CT molecular complexity index is 443. The number of carbonyl (C=O) groups excluding carboxylic acids is 1. The van der Waals surface area contributed by atoms with Gasteiger partial charge in [0, 0.05) is 38.3 Å². The number of rotatable bonds is 6. The molecule has 0 bridgehead atoms. The van der Waals surface area contributed by atoms with Gasteiger partial charge in [-0.25, -0.2) is 0 Å². The van der Waals surface area contributed by atoms with Crippen molar-refractivity contribution in [3.8, 4) is 0 Å². The Morgan fingerprint density at radius 3 is 2.95 bits per heavy atom. The predicted molar refractivity (Wildman–Crippen MR) is 79.3 cm³/mol. The highest BCUT2D eigenvalue weighted by molar-refractivity contribution is 5.77. The molecule has 1 atom stereocenters. The van der Waals surface area contributed by atoms with Crippen molar-refractivity contribution in [1.82, 2.24) is 19.6 Å². The molecule has 2 heterocycles. The molecule has 20 heavy (non-hydrogen) atoms. The summed E-state index contributed by atoms with van der Waals surface area (Å²) in [6.07, 6.45) is 7.82. The molecule has 5 heteroatoms. The zero-order chi connectivity index (χ0) is 14.5. The Hall–Kier alpha value is -1.36. The summed E-state index contributed by atoms with van der Waals surface area (Å²) < 4.78 is 1.81. The van der Waals surface area contributed by atoms with Crippen LogP contribution in [0.5, 0.6) is 0 Å². The molecule has 1 saturated heterocycles. The van der Waals surface area contributed by atoms with E-state index in [1.165, 1.54) is 5.56 Å². The molecule has 0 N–H and O–H groups in total. The normalized spacial score (nSPS) is 19.0. The van der Waals surface area contributed by atoms with Crippen LogP contribution in [0.3, 0.4) is 0 Å². The fraction of sp³-hybridized carbons (Fsp3) is 0.733. The molecule has 0 aliphatic carbocycles. The van der Waals surface area contributed by atoms with Crippen molar-refractivity contribution in [2.75, 3.05) is 26.7 Å². The molecule has 0 spiro atoms. The first-order valence-electron chi connectivity index (χ1n) is 7.58. The third kappa shape index (κ3) is 3.60. The summed E-state index contributed by atoms with van der Waals surface area (Å²) in [6, 6.07) is 0.229. The SMILES string of the molecule is CCCN(C)CCC(=O)N1CCC[C@@H]1c1cnn(C)c1. The molecule has 112 valence electrons. The van der Waals surface area contributed by atoms with E-state index in [9.17, 15) is 4.79 Å². The van der Waals surface area contributed by atoms with Gasteiger partial charge < -0.3 is 9.80 Å². The molecule has 1 aromatic rings. The third-order valence-electron chi connectivity index (χ3n) is 4.00. The van der Waals surface area contributed by atoms with Crippen molar-refractivity contribution >= 4 is 5.91 Å². The summed E-state index contributed by atoms with van der Waals surface area (Å²) in [7, 11) is 4.00. The first-order valence-corrected chi connectivity index (χ1v) is 7.58. The average molecular weight is 278 g/mol. The van der Waals surface area contributed by atoms with E-state index in [1.54, 1.807) is 0 Å². The van der Waals surface area contributed by atoms with Gasteiger partial charge in [-0.15, -0.1) is 0 Å². The van der Waals surface area contributed by atoms with Crippen molar-refractivity contribution < 1.29 is 4.79 Å². The van der Waals surface area contributed by atoms with Gasteiger partial charge in [0.15, 0.2) is 0 Å². The molecule has 1 aliphatic heterocycles. The summed E-state index contributed by atoms with van der Waals surface area (Å²) in [6.45, 7) is 4.95. The molecule has 1 fully saturated rings. The van der Waals surface area contributed by atoms with Crippen LogP contribution < -0.4 is 0 Å². The third-order valence-corrected chi connectivity index (χ3v) is 4.00. The van der Waals surface area contributed by atoms with E-state index < -0.39 is 0 Å². The van der Waals surface area contributed by atoms with Crippen LogP contribution in [0.15, 0.2) is 12.4 Å². The summed E-state index contributed by atoms with van der Waals surface area (Å²) in [5.41, 5.74) is 1.17. The summed E-state index contributed by atoms with van der Waals surface area (Å²) >= 11 is 0. The topological polar surface area (TPSA) is 41.4 Å². The van der Waals surface area contributed by atoms with Crippen molar-refractivity contribution in [2.24, 2.45) is 7.05 Å². The minimum Gasteiger partial charge on any atom is -0.335 e. The van der Waals surface area contributed by atoms with Gasteiger partial charge in [0.25, 0.3) is 0 Å². The zero-order valence-electron chi connectivity index (χ0n) is 12.9. The molecule has 0 radical (unpaired) electrons. The fourth-order valence-corrected chi connectivity index (χ4v) is 2.95. The molecule has 0 saturated carbocycles. The van der Waals surface area contributed by atoms with E-state index in [0.29, 0.717) is 6.42 Å². The Labute approximate surface area is 121 Å². The Kier molecular flexibility index (Phi) is 5.17. The van der Waals surface area contributed by atoms with Crippen LogP contribution in [0, 0.1) is 0 Å². The van der Waals surface area contributed by atoms with Crippen molar-refractivity contribution in [2.45, 2.75) is 38.6 Å². The second-order valence-corrected chi connectivity index (χ2v) is 5.75. The van der Waals surface area contributed by atoms with Crippen LogP contribution >= 0.6 is 0 Å². The van der Waals surface area contributed by atoms with Crippen LogP contribution in [0.4, 0.5) is 0 Å². The van der Waals surface area contributed by atoms with Gasteiger partial charge in [-0.2, -0.15) is 5.10 Å². The molecule has 0 aromatic carbocycles. The second-order valence-electron chi connectivity index (χ2n) is 5.75. The maximum Gasteiger partial charge on any atom is 0.224 e. The fourth-order valence-electron chi connectivity index (χ4n) is 2.95. The lowest BCUT2D eigenvalue weighted by molar-refractivity contribution is -0.132. The average Bonchev–Trinajstić information content (AvgIpc) is 3.04. The number of aryl methyl sites for hydroxylation is 1. The van der Waals surface area contributed by atoms with E-state index in [1.807, 2.05) is 29.0 Å². The molecular weight excluding hydrogens is 252 g/mol. The predicted octanol–water partition coefficient (Wildman–Crippen LogP) is 1.82. The molecule has 1 amide bonds. The standard InChI is InChI=1S/C15H26N4O/c1-4-8-17(2)10-7-15(20)19-9-5-6-14(19)13-11-16-18(3)12-13/h11-12,14H,4-10H2,1-3H3/t14-/m1/s1. The number of likely N-dealkylation sites (tertiary alicyclic amines) is 1. The first kappa shape index (κ1) is 15.0. The van der Waals surface area contributed by atoms with E-state index >= 15 is 0 Å². The van der Waals surface area contributed by atoms with Crippen LogP contribution in [0.2, 0.25) is 0 Å². The number of amides is 1. The first-order chi connectivity index (χ1) is 9.61. The molecule has 1 aromatic heterocycles. The number of nitrogens with zero attached hydrogens (tertiary/aromatic N) is 4. The lowest BCUT2D eigenvalue weighted by Crippen LogP contribution is -2.33. The molecule has 2 rings (SSSR count). The van der Waals surface area contributed by atoms with E-state index in [2.05, 4.69) is 24.0 Å². The van der Waals surface area contributed by atoms with Crippen molar-refractivity contribution in [3.63, 3.8) is 0 Å². The lowest BCUT2D eigenvalue weighted by Gasteiger charge is -2.25. The van der Waals surface area contributed by atoms with Crippen molar-refractivity contribution in [1.29, 1.82) is 0 Å². The second kappa shape index (κ2) is 6.88. The van der Waals surface area contributed by atoms with E-state index in [-0.39, 0.29) is 11.9 Å². The van der Waals surface area contributed by atoms with Gasteiger partial charge >= 0.3 is 0 Å². The smallest absolute Gasteiger partial charge is 0.224 e. The van der Waals surface area contributed by atoms with Gasteiger partial charge in [-0.05, 0) is 32.9 Å². The Morgan fingerprint density at radius 2 is 2.30 bits per heavy atom. The monoisotopic (exact) mass is 278 g/mol.